The Kier molecular flexibility index (Phi) is 6.61. The largest absolute Gasteiger partial charge is 0.494 e. The van der Waals surface area contributed by atoms with E-state index in [1.807, 2.05) is 0 Å². The minimum atomic E-state index is -1.31. The number of benzene rings is 1. The van der Waals surface area contributed by atoms with Crippen LogP contribution in [0.3, 0.4) is 0 Å². The maximum absolute atomic E-state index is 13.2. The Bertz CT molecular complexity index is 1080. The number of halogens is 1. The van der Waals surface area contributed by atoms with Crippen LogP contribution in [0.1, 0.15) is 54.1 Å². The number of aromatic hydroxyl groups is 1. The van der Waals surface area contributed by atoms with Crippen molar-refractivity contribution in [2.45, 2.75) is 44.7 Å². The number of nitrogens with one attached hydrogen (secondary N) is 1. The topological polar surface area (TPSA) is 131 Å². The van der Waals surface area contributed by atoms with Gasteiger partial charge in [0, 0.05) is 11.1 Å². The van der Waals surface area contributed by atoms with Gasteiger partial charge in [-0.05, 0) is 24.5 Å². The SMILES string of the molecule is O=C(O)CNC(=O)c1c(O)n(Cc2ccccc2Cl)c(=O)n(C2CCCCC2)c1=O. The van der Waals surface area contributed by atoms with Gasteiger partial charge in [-0.25, -0.2) is 4.79 Å². The molecule has 0 atom stereocenters. The van der Waals surface area contributed by atoms with E-state index in [1.165, 1.54) is 0 Å². The van der Waals surface area contributed by atoms with Crippen molar-refractivity contribution in [2.24, 2.45) is 0 Å². The van der Waals surface area contributed by atoms with Crippen LogP contribution in [0, 0.1) is 0 Å². The number of aliphatic carboxylic acids is 1. The second-order valence-corrected chi connectivity index (χ2v) is 7.61. The molecule has 0 unspecified atom stereocenters. The van der Waals surface area contributed by atoms with Crippen LogP contribution in [0.25, 0.3) is 0 Å². The fraction of sp³-hybridized carbons (Fsp3) is 0.400. The summed E-state index contributed by atoms with van der Waals surface area (Å²) in [6.07, 6.45) is 3.86. The zero-order valence-electron chi connectivity index (χ0n) is 16.1. The maximum atomic E-state index is 13.2. The van der Waals surface area contributed by atoms with Crippen LogP contribution >= 0.6 is 11.6 Å². The summed E-state index contributed by atoms with van der Waals surface area (Å²) >= 11 is 6.18. The molecule has 1 fully saturated rings. The molecule has 0 radical (unpaired) electrons. The monoisotopic (exact) mass is 435 g/mol. The van der Waals surface area contributed by atoms with Gasteiger partial charge in [0.25, 0.3) is 11.5 Å². The van der Waals surface area contributed by atoms with Crippen LogP contribution in [0.2, 0.25) is 5.02 Å². The summed E-state index contributed by atoms with van der Waals surface area (Å²) in [5.41, 5.74) is -1.81. The number of rotatable bonds is 6. The third kappa shape index (κ3) is 4.40. The number of amides is 1. The van der Waals surface area contributed by atoms with Crippen molar-refractivity contribution in [3.63, 3.8) is 0 Å². The number of hydrogen-bond donors (Lipinski definition) is 3. The normalized spacial score (nSPS) is 14.4. The van der Waals surface area contributed by atoms with Crippen LogP contribution in [0.15, 0.2) is 33.9 Å². The molecule has 2 aromatic rings. The van der Waals surface area contributed by atoms with Crippen molar-refractivity contribution in [1.29, 1.82) is 0 Å². The van der Waals surface area contributed by atoms with E-state index >= 15 is 0 Å². The van der Waals surface area contributed by atoms with E-state index in [2.05, 4.69) is 5.32 Å². The lowest BCUT2D eigenvalue weighted by molar-refractivity contribution is -0.135. The molecule has 1 heterocycles. The summed E-state index contributed by atoms with van der Waals surface area (Å²) in [6.45, 7) is -0.888. The molecule has 10 heteroatoms. The summed E-state index contributed by atoms with van der Waals surface area (Å²) in [6, 6.07) is 6.30. The molecule has 9 nitrogen and oxygen atoms in total. The Hall–Kier alpha value is -3.07. The first-order chi connectivity index (χ1) is 14.3. The van der Waals surface area contributed by atoms with Gasteiger partial charge in [-0.1, -0.05) is 49.1 Å². The maximum Gasteiger partial charge on any atom is 0.334 e. The minimum Gasteiger partial charge on any atom is -0.494 e. The number of nitrogens with zero attached hydrogens (tertiary/aromatic N) is 2. The highest BCUT2D eigenvalue weighted by atomic mass is 35.5. The van der Waals surface area contributed by atoms with E-state index < -0.39 is 47.2 Å². The summed E-state index contributed by atoms with van der Waals surface area (Å²) in [5.74, 6) is -3.18. The molecule has 0 aliphatic heterocycles. The summed E-state index contributed by atoms with van der Waals surface area (Å²) < 4.78 is 1.93. The summed E-state index contributed by atoms with van der Waals surface area (Å²) in [5, 5.41) is 21.9. The first-order valence-electron chi connectivity index (χ1n) is 9.63. The third-order valence-electron chi connectivity index (χ3n) is 5.20. The van der Waals surface area contributed by atoms with E-state index in [0.29, 0.717) is 23.4 Å². The molecule has 3 N–H and O–H groups in total. The van der Waals surface area contributed by atoms with Gasteiger partial charge in [-0.15, -0.1) is 0 Å². The molecular formula is C20H22ClN3O6. The molecule has 1 saturated carbocycles. The lowest BCUT2D eigenvalue weighted by Crippen LogP contribution is -2.47. The van der Waals surface area contributed by atoms with Crippen molar-refractivity contribution in [1.82, 2.24) is 14.5 Å². The van der Waals surface area contributed by atoms with Crippen molar-refractivity contribution in [3.05, 3.63) is 61.3 Å². The molecule has 1 aromatic heterocycles. The second-order valence-electron chi connectivity index (χ2n) is 7.20. The summed E-state index contributed by atoms with van der Waals surface area (Å²) in [4.78, 5) is 49.5. The number of aromatic nitrogens is 2. The van der Waals surface area contributed by atoms with E-state index in [1.54, 1.807) is 24.3 Å². The molecule has 1 aromatic carbocycles. The predicted octanol–water partition coefficient (Wildman–Crippen LogP) is 1.74. The first kappa shape index (κ1) is 21.6. The Morgan fingerprint density at radius 1 is 1.13 bits per heavy atom. The minimum absolute atomic E-state index is 0.156. The fourth-order valence-electron chi connectivity index (χ4n) is 3.70. The fourth-order valence-corrected chi connectivity index (χ4v) is 3.90. The predicted molar refractivity (Wildman–Crippen MR) is 109 cm³/mol. The van der Waals surface area contributed by atoms with Gasteiger partial charge in [0.1, 0.15) is 6.54 Å². The Morgan fingerprint density at radius 3 is 2.43 bits per heavy atom. The molecule has 1 aliphatic carbocycles. The van der Waals surface area contributed by atoms with E-state index in [0.717, 1.165) is 28.4 Å². The number of hydrogen-bond acceptors (Lipinski definition) is 5. The molecule has 1 amide bonds. The van der Waals surface area contributed by atoms with E-state index in [4.69, 9.17) is 16.7 Å². The van der Waals surface area contributed by atoms with Gasteiger partial charge in [0.15, 0.2) is 5.56 Å². The van der Waals surface area contributed by atoms with E-state index in [-0.39, 0.29) is 6.54 Å². The standard InChI is InChI=1S/C20H22ClN3O6/c21-14-9-5-4-6-12(14)11-23-18(28)16(17(27)22-10-15(25)26)19(29)24(20(23)30)13-7-2-1-3-8-13/h4-6,9,13,28H,1-3,7-8,10-11H2,(H,22,27)(H,25,26). The molecule has 160 valence electrons. The van der Waals surface area contributed by atoms with Crippen LogP contribution in [0.5, 0.6) is 5.88 Å². The van der Waals surface area contributed by atoms with Crippen LogP contribution in [-0.2, 0) is 11.3 Å². The van der Waals surface area contributed by atoms with Gasteiger partial charge in [-0.3, -0.25) is 23.5 Å². The van der Waals surface area contributed by atoms with Gasteiger partial charge in [-0.2, -0.15) is 0 Å². The van der Waals surface area contributed by atoms with Crippen molar-refractivity contribution >= 4 is 23.5 Å². The van der Waals surface area contributed by atoms with E-state index in [9.17, 15) is 24.3 Å². The average Bonchev–Trinajstić information content (AvgIpc) is 2.71. The van der Waals surface area contributed by atoms with Crippen molar-refractivity contribution < 1.29 is 19.8 Å². The highest BCUT2D eigenvalue weighted by Gasteiger charge is 2.28. The van der Waals surface area contributed by atoms with Crippen molar-refractivity contribution in [2.75, 3.05) is 6.54 Å². The number of carboxylic acid groups (broad SMARTS) is 1. The van der Waals surface area contributed by atoms with Gasteiger partial charge < -0.3 is 15.5 Å². The molecule has 0 saturated heterocycles. The molecule has 1 aliphatic rings. The van der Waals surface area contributed by atoms with Gasteiger partial charge >= 0.3 is 11.7 Å². The molecule has 3 rings (SSSR count). The van der Waals surface area contributed by atoms with Crippen LogP contribution in [-0.4, -0.2) is 37.8 Å². The zero-order chi connectivity index (χ0) is 21.8. The lowest BCUT2D eigenvalue weighted by atomic mass is 9.95. The first-order valence-corrected chi connectivity index (χ1v) is 10.0. The number of carbonyl (C=O) groups is 2. The second kappa shape index (κ2) is 9.17. The molecule has 0 bridgehead atoms. The highest BCUT2D eigenvalue weighted by molar-refractivity contribution is 6.31. The number of carboxylic acids is 1. The quantitative estimate of drug-likeness (QED) is 0.633. The smallest absolute Gasteiger partial charge is 0.334 e. The molecular weight excluding hydrogens is 414 g/mol. The van der Waals surface area contributed by atoms with Crippen LogP contribution < -0.4 is 16.6 Å². The zero-order valence-corrected chi connectivity index (χ0v) is 16.9. The Morgan fingerprint density at radius 2 is 1.80 bits per heavy atom. The lowest BCUT2D eigenvalue weighted by Gasteiger charge is -2.25. The Labute approximate surface area is 176 Å². The van der Waals surface area contributed by atoms with Crippen LogP contribution in [0.4, 0.5) is 0 Å². The number of carbonyl (C=O) groups excluding carboxylic acids is 1. The summed E-state index contributed by atoms with van der Waals surface area (Å²) in [7, 11) is 0. The average molecular weight is 436 g/mol. The third-order valence-corrected chi connectivity index (χ3v) is 5.57. The Balaban J connectivity index is 2.17. The van der Waals surface area contributed by atoms with Gasteiger partial charge in [0.2, 0.25) is 5.88 Å². The highest BCUT2D eigenvalue weighted by Crippen LogP contribution is 2.27. The molecule has 30 heavy (non-hydrogen) atoms. The molecule has 0 spiro atoms. The van der Waals surface area contributed by atoms with Gasteiger partial charge in [0.05, 0.1) is 6.54 Å². The van der Waals surface area contributed by atoms with Crippen molar-refractivity contribution in [3.8, 4) is 5.88 Å².